The van der Waals surface area contributed by atoms with Crippen LogP contribution in [0.25, 0.3) is 6.08 Å². The molecular formula is C20H20ClN5O2S. The maximum absolute atomic E-state index is 12.3. The number of hydrazone groups is 1. The summed E-state index contributed by atoms with van der Waals surface area (Å²) in [4.78, 5) is 20.4. The average Bonchev–Trinajstić information content (AvgIpc) is 3.41. The molecule has 0 radical (unpaired) electrons. The topological polar surface area (TPSA) is 64.7 Å². The number of allylic oxidation sites excluding steroid dienone is 1. The summed E-state index contributed by atoms with van der Waals surface area (Å²) in [5.41, 5.74) is 1.14. The maximum Gasteiger partial charge on any atom is 0.323 e. The van der Waals surface area contributed by atoms with Crippen LogP contribution in [0.5, 0.6) is 0 Å². The van der Waals surface area contributed by atoms with E-state index in [-0.39, 0.29) is 18.4 Å². The summed E-state index contributed by atoms with van der Waals surface area (Å²) >= 11 is 7.55. The molecule has 0 N–H and O–H groups in total. The normalized spacial score (nSPS) is 21.7. The molecule has 2 unspecified atom stereocenters. The molecule has 3 heterocycles. The smallest absolute Gasteiger partial charge is 0.323 e. The number of halogens is 1. The summed E-state index contributed by atoms with van der Waals surface area (Å²) in [6.07, 6.45) is 6.37. The molecule has 150 valence electrons. The van der Waals surface area contributed by atoms with E-state index in [1.807, 2.05) is 42.5 Å². The first-order valence-electron chi connectivity index (χ1n) is 9.02. The van der Waals surface area contributed by atoms with Crippen molar-refractivity contribution in [2.75, 3.05) is 14.1 Å². The van der Waals surface area contributed by atoms with E-state index in [1.165, 1.54) is 0 Å². The Balaban J connectivity index is 1.52. The maximum atomic E-state index is 12.3. The van der Waals surface area contributed by atoms with Gasteiger partial charge in [-0.1, -0.05) is 35.5 Å². The fourth-order valence-corrected chi connectivity index (χ4v) is 4.27. The lowest BCUT2D eigenvalue weighted by atomic mass is 10.2. The van der Waals surface area contributed by atoms with E-state index in [1.54, 1.807) is 59.2 Å². The Morgan fingerprint density at radius 1 is 1.24 bits per heavy atom. The van der Waals surface area contributed by atoms with Crippen LogP contribution in [0.1, 0.15) is 11.3 Å². The zero-order valence-electron chi connectivity index (χ0n) is 16.0. The number of hydrogen-bond acceptors (Lipinski definition) is 6. The van der Waals surface area contributed by atoms with Gasteiger partial charge in [-0.3, -0.25) is 0 Å². The summed E-state index contributed by atoms with van der Waals surface area (Å²) in [6.45, 7) is 0. The lowest BCUT2D eigenvalue weighted by Crippen LogP contribution is -2.43. The largest absolute Gasteiger partial charge is 0.465 e. The highest BCUT2D eigenvalue weighted by molar-refractivity contribution is 8.13. The monoisotopic (exact) mass is 429 g/mol. The highest BCUT2D eigenvalue weighted by atomic mass is 35.5. The van der Waals surface area contributed by atoms with Crippen molar-refractivity contribution in [3.8, 4) is 0 Å². The second-order valence-electron chi connectivity index (χ2n) is 6.64. The molecule has 4 rings (SSSR count). The first-order valence-corrected chi connectivity index (χ1v) is 10.4. The molecule has 1 aromatic heterocycles. The number of furan rings is 1. The molecule has 2 amide bonds. The third-order valence-electron chi connectivity index (χ3n) is 4.72. The van der Waals surface area contributed by atoms with Crippen LogP contribution in [0.2, 0.25) is 5.02 Å². The van der Waals surface area contributed by atoms with Crippen molar-refractivity contribution in [1.82, 2.24) is 14.8 Å². The number of amides is 2. The molecule has 0 saturated carbocycles. The zero-order valence-corrected chi connectivity index (χ0v) is 17.5. The fourth-order valence-electron chi connectivity index (χ4n) is 3.19. The average molecular weight is 430 g/mol. The standard InChI is InChI=1S/C20H20ClN5O2S/c1-24-17-18(25(2)20(24)27)26(22-11-3-5-16-6-4-12-28-16)19(23-17)29-13-14-7-9-15(21)10-8-14/h3-12,17-18H,13H2,1-2H3/b5-3+,22-11+. The van der Waals surface area contributed by atoms with Crippen LogP contribution in [0.4, 0.5) is 4.79 Å². The molecule has 0 aliphatic carbocycles. The Kier molecular flexibility index (Phi) is 5.64. The van der Waals surface area contributed by atoms with Gasteiger partial charge in [0.15, 0.2) is 17.5 Å². The molecule has 1 aromatic carbocycles. The van der Waals surface area contributed by atoms with Crippen molar-refractivity contribution in [1.29, 1.82) is 0 Å². The van der Waals surface area contributed by atoms with Crippen molar-refractivity contribution in [2.45, 2.75) is 18.1 Å². The van der Waals surface area contributed by atoms with Crippen molar-refractivity contribution in [3.63, 3.8) is 0 Å². The number of aliphatic imine (C=N–C) groups is 1. The van der Waals surface area contributed by atoms with E-state index in [0.717, 1.165) is 22.2 Å². The molecule has 2 atom stereocenters. The second kappa shape index (κ2) is 8.34. The summed E-state index contributed by atoms with van der Waals surface area (Å²) in [7, 11) is 3.53. The number of amidine groups is 1. The second-order valence-corrected chi connectivity index (χ2v) is 8.02. The van der Waals surface area contributed by atoms with Gasteiger partial charge in [-0.25, -0.2) is 14.8 Å². The Morgan fingerprint density at radius 3 is 2.76 bits per heavy atom. The predicted molar refractivity (Wildman–Crippen MR) is 117 cm³/mol. The quantitative estimate of drug-likeness (QED) is 0.668. The van der Waals surface area contributed by atoms with Gasteiger partial charge in [0.05, 0.1) is 6.26 Å². The van der Waals surface area contributed by atoms with Crippen LogP contribution in [0.3, 0.4) is 0 Å². The number of carbonyl (C=O) groups excluding carboxylic acids is 1. The third kappa shape index (κ3) is 4.04. The molecule has 2 aliphatic heterocycles. The van der Waals surface area contributed by atoms with Gasteiger partial charge in [0.25, 0.3) is 0 Å². The number of rotatable bonds is 5. The van der Waals surface area contributed by atoms with Crippen LogP contribution < -0.4 is 0 Å². The van der Waals surface area contributed by atoms with Crippen LogP contribution in [-0.2, 0) is 5.75 Å². The zero-order chi connectivity index (χ0) is 20.4. The number of fused-ring (bicyclic) bond motifs is 1. The minimum atomic E-state index is -0.286. The lowest BCUT2D eigenvalue weighted by molar-refractivity contribution is 0.172. The number of urea groups is 1. The van der Waals surface area contributed by atoms with Gasteiger partial charge in [0.1, 0.15) is 5.76 Å². The van der Waals surface area contributed by atoms with Crippen molar-refractivity contribution >= 4 is 46.9 Å². The lowest BCUT2D eigenvalue weighted by Gasteiger charge is -2.25. The van der Waals surface area contributed by atoms with E-state index < -0.39 is 0 Å². The number of likely N-dealkylation sites (N-methyl/N-ethyl adjacent to an activating group) is 2. The number of benzene rings is 1. The minimum Gasteiger partial charge on any atom is -0.465 e. The van der Waals surface area contributed by atoms with Crippen molar-refractivity contribution in [3.05, 3.63) is 65.1 Å². The van der Waals surface area contributed by atoms with Crippen LogP contribution >= 0.6 is 23.4 Å². The summed E-state index contributed by atoms with van der Waals surface area (Å²) < 4.78 is 5.28. The molecule has 9 heteroatoms. The SMILES string of the molecule is CN1C(=O)N(C)C2C1N=C(SCc1ccc(Cl)cc1)N2/N=C/C=C/c1ccco1. The highest BCUT2D eigenvalue weighted by Crippen LogP contribution is 2.34. The summed E-state index contributed by atoms with van der Waals surface area (Å²) in [5, 5.41) is 7.86. The fraction of sp³-hybridized carbons (Fsp3) is 0.250. The van der Waals surface area contributed by atoms with Gasteiger partial charge >= 0.3 is 6.03 Å². The Bertz CT molecular complexity index is 958. The minimum absolute atomic E-state index is 0.0724. The number of carbonyl (C=O) groups is 1. The first kappa shape index (κ1) is 19.6. The predicted octanol–water partition coefficient (Wildman–Crippen LogP) is 4.19. The Hall–Kier alpha value is -2.71. The summed E-state index contributed by atoms with van der Waals surface area (Å²) in [6, 6.07) is 11.4. The molecule has 7 nitrogen and oxygen atoms in total. The van der Waals surface area contributed by atoms with Gasteiger partial charge in [0, 0.05) is 31.1 Å². The molecule has 0 bridgehead atoms. The van der Waals surface area contributed by atoms with Gasteiger partial charge in [-0.15, -0.1) is 0 Å². The van der Waals surface area contributed by atoms with E-state index in [9.17, 15) is 4.79 Å². The number of thioether (sulfide) groups is 1. The first-order chi connectivity index (χ1) is 14.0. The number of nitrogens with zero attached hydrogens (tertiary/aromatic N) is 5. The Labute approximate surface area is 178 Å². The molecular weight excluding hydrogens is 410 g/mol. The van der Waals surface area contributed by atoms with Gasteiger partial charge in [-0.05, 0) is 42.0 Å². The molecule has 0 spiro atoms. The molecule has 2 aromatic rings. The van der Waals surface area contributed by atoms with Crippen LogP contribution in [0, 0.1) is 0 Å². The van der Waals surface area contributed by atoms with Crippen LogP contribution in [0.15, 0.2) is 63.2 Å². The third-order valence-corrected chi connectivity index (χ3v) is 6.00. The van der Waals surface area contributed by atoms with Crippen LogP contribution in [-0.4, -0.2) is 58.6 Å². The van der Waals surface area contributed by atoms with Crippen molar-refractivity contribution < 1.29 is 9.21 Å². The van der Waals surface area contributed by atoms with Gasteiger partial charge < -0.3 is 14.2 Å². The van der Waals surface area contributed by atoms with E-state index in [0.29, 0.717) is 5.02 Å². The molecule has 1 fully saturated rings. The van der Waals surface area contributed by atoms with Gasteiger partial charge in [-0.2, -0.15) is 5.10 Å². The van der Waals surface area contributed by atoms with Crippen molar-refractivity contribution in [2.24, 2.45) is 10.1 Å². The summed E-state index contributed by atoms with van der Waals surface area (Å²) in [5.74, 6) is 1.47. The number of hydrogen-bond donors (Lipinski definition) is 0. The molecule has 1 saturated heterocycles. The molecule has 29 heavy (non-hydrogen) atoms. The van der Waals surface area contributed by atoms with Gasteiger partial charge in [0.2, 0.25) is 0 Å². The Morgan fingerprint density at radius 2 is 2.03 bits per heavy atom. The van der Waals surface area contributed by atoms with E-state index >= 15 is 0 Å². The van der Waals surface area contributed by atoms with E-state index in [2.05, 4.69) is 5.10 Å². The molecule has 2 aliphatic rings. The van der Waals surface area contributed by atoms with E-state index in [4.69, 9.17) is 21.0 Å². The highest BCUT2D eigenvalue weighted by Gasteiger charge is 2.50.